The molecule has 94 valence electrons. The van der Waals surface area contributed by atoms with Crippen molar-refractivity contribution in [3.8, 4) is 0 Å². The summed E-state index contributed by atoms with van der Waals surface area (Å²) in [6.07, 6.45) is 1.74. The van der Waals surface area contributed by atoms with Gasteiger partial charge in [0.15, 0.2) is 0 Å². The van der Waals surface area contributed by atoms with Gasteiger partial charge in [-0.05, 0) is 81.9 Å². The molecule has 0 radical (unpaired) electrons. The van der Waals surface area contributed by atoms with Gasteiger partial charge in [-0.1, -0.05) is 0 Å². The van der Waals surface area contributed by atoms with Crippen LogP contribution in [0.1, 0.15) is 18.5 Å². The molecule has 2 aromatic rings. The number of hydrogen-bond acceptors (Lipinski definition) is 1. The van der Waals surface area contributed by atoms with Crippen molar-refractivity contribution >= 4 is 45.2 Å². The summed E-state index contributed by atoms with van der Waals surface area (Å²) in [5.41, 5.74) is 0.719. The quantitative estimate of drug-likeness (QED) is 0.614. The zero-order chi connectivity index (χ0) is 13.3. The van der Waals surface area contributed by atoms with Gasteiger partial charge in [0.25, 0.3) is 5.56 Å². The maximum Gasteiger partial charge on any atom is 0.252 e. The maximum absolute atomic E-state index is 13.4. The van der Waals surface area contributed by atoms with Crippen molar-refractivity contribution in [3.05, 3.63) is 65.4 Å². The molecule has 0 N–H and O–H groups in total. The van der Waals surface area contributed by atoms with Crippen LogP contribution >= 0.6 is 45.2 Å². The molecule has 0 aliphatic carbocycles. The predicted octanol–water partition coefficient (Wildman–Crippen LogP) is 3.81. The minimum atomic E-state index is -0.276. The minimum absolute atomic E-state index is 0.0753. The van der Waals surface area contributed by atoms with Crippen molar-refractivity contribution in [1.82, 2.24) is 4.57 Å². The smallest absolute Gasteiger partial charge is 0.252 e. The molecule has 0 aliphatic rings. The van der Waals surface area contributed by atoms with E-state index in [4.69, 9.17) is 0 Å². The van der Waals surface area contributed by atoms with Gasteiger partial charge in [-0.15, -0.1) is 0 Å². The third-order valence-corrected chi connectivity index (χ3v) is 3.99. The molecule has 1 aromatic carbocycles. The fourth-order valence-electron chi connectivity index (χ4n) is 1.76. The highest BCUT2D eigenvalue weighted by atomic mass is 127. The van der Waals surface area contributed by atoms with E-state index in [-0.39, 0.29) is 17.4 Å². The minimum Gasteiger partial charge on any atom is -0.308 e. The number of nitrogens with zero attached hydrogens (tertiary/aromatic N) is 1. The molecule has 0 saturated heterocycles. The second-order valence-electron chi connectivity index (χ2n) is 3.97. The molecule has 0 amide bonds. The van der Waals surface area contributed by atoms with Gasteiger partial charge in [0.2, 0.25) is 0 Å². The van der Waals surface area contributed by atoms with Crippen molar-refractivity contribution in [3.63, 3.8) is 0 Å². The Balaban J connectivity index is 2.47. The fourth-order valence-corrected chi connectivity index (χ4v) is 2.85. The van der Waals surface area contributed by atoms with Crippen LogP contribution in [0.4, 0.5) is 4.39 Å². The molecule has 18 heavy (non-hydrogen) atoms. The van der Waals surface area contributed by atoms with Gasteiger partial charge >= 0.3 is 0 Å². The lowest BCUT2D eigenvalue weighted by molar-refractivity contribution is 0.591. The average Bonchev–Trinajstić information content (AvgIpc) is 2.26. The van der Waals surface area contributed by atoms with E-state index < -0.39 is 0 Å². The molecule has 0 spiro atoms. The topological polar surface area (TPSA) is 22.0 Å². The number of benzene rings is 1. The summed E-state index contributed by atoms with van der Waals surface area (Å²) in [7, 11) is 0. The molecule has 0 aliphatic heterocycles. The molecule has 2 nitrogen and oxygen atoms in total. The van der Waals surface area contributed by atoms with Crippen LogP contribution in [0.3, 0.4) is 0 Å². The lowest BCUT2D eigenvalue weighted by Gasteiger charge is -2.16. The standard InChI is InChI=1S/C13H10FI2NO/c1-8(9-4-10(14)6-12(16)5-9)17-3-2-11(15)7-13(17)18/h2-8H,1H3. The van der Waals surface area contributed by atoms with E-state index in [0.717, 1.165) is 12.7 Å². The van der Waals surface area contributed by atoms with Crippen LogP contribution in [0.25, 0.3) is 0 Å². The summed E-state index contributed by atoms with van der Waals surface area (Å²) in [4.78, 5) is 11.9. The molecule has 0 bridgehead atoms. The number of rotatable bonds is 2. The summed E-state index contributed by atoms with van der Waals surface area (Å²) < 4.78 is 16.7. The molecular formula is C13H10FI2NO. The Labute approximate surface area is 131 Å². The van der Waals surface area contributed by atoms with Crippen LogP contribution < -0.4 is 5.56 Å². The molecule has 1 unspecified atom stereocenters. The van der Waals surface area contributed by atoms with Gasteiger partial charge in [0, 0.05) is 19.4 Å². The van der Waals surface area contributed by atoms with Gasteiger partial charge in [-0.25, -0.2) is 4.39 Å². The molecule has 1 aromatic heterocycles. The van der Waals surface area contributed by atoms with E-state index in [2.05, 4.69) is 45.2 Å². The first-order valence-electron chi connectivity index (χ1n) is 5.31. The van der Waals surface area contributed by atoms with Crippen LogP contribution in [0.2, 0.25) is 0 Å². The molecule has 2 rings (SSSR count). The van der Waals surface area contributed by atoms with Crippen LogP contribution in [0.15, 0.2) is 41.3 Å². The van der Waals surface area contributed by atoms with Gasteiger partial charge in [0.05, 0.1) is 6.04 Å². The Bertz CT molecular complexity index is 619. The Morgan fingerprint density at radius 3 is 2.50 bits per heavy atom. The van der Waals surface area contributed by atoms with Crippen molar-refractivity contribution in [2.24, 2.45) is 0 Å². The largest absolute Gasteiger partial charge is 0.308 e. The average molecular weight is 469 g/mol. The second-order valence-corrected chi connectivity index (χ2v) is 6.46. The predicted molar refractivity (Wildman–Crippen MR) is 86.3 cm³/mol. The third-order valence-electron chi connectivity index (χ3n) is 2.69. The van der Waals surface area contributed by atoms with E-state index in [1.54, 1.807) is 16.8 Å². The van der Waals surface area contributed by atoms with Crippen molar-refractivity contribution in [2.75, 3.05) is 0 Å². The highest BCUT2D eigenvalue weighted by molar-refractivity contribution is 14.1. The number of pyridine rings is 1. The number of halogens is 3. The molecule has 5 heteroatoms. The summed E-state index contributed by atoms with van der Waals surface area (Å²) in [6.45, 7) is 1.89. The Morgan fingerprint density at radius 1 is 1.17 bits per heavy atom. The molecular weight excluding hydrogens is 459 g/mol. The molecule has 0 fully saturated rings. The first-order valence-corrected chi connectivity index (χ1v) is 7.47. The lowest BCUT2D eigenvalue weighted by Crippen LogP contribution is -2.23. The van der Waals surface area contributed by atoms with Gasteiger partial charge < -0.3 is 4.57 Å². The lowest BCUT2D eigenvalue weighted by atomic mass is 10.1. The Hall–Kier alpha value is -0.440. The van der Waals surface area contributed by atoms with E-state index in [9.17, 15) is 9.18 Å². The number of hydrogen-bond donors (Lipinski definition) is 0. The van der Waals surface area contributed by atoms with Crippen LogP contribution in [-0.2, 0) is 0 Å². The van der Waals surface area contributed by atoms with E-state index in [1.807, 2.05) is 19.1 Å². The van der Waals surface area contributed by atoms with E-state index >= 15 is 0 Å². The molecule has 1 atom stereocenters. The normalized spacial score (nSPS) is 12.4. The highest BCUT2D eigenvalue weighted by Crippen LogP contribution is 2.20. The van der Waals surface area contributed by atoms with Crippen LogP contribution in [0, 0.1) is 13.0 Å². The van der Waals surface area contributed by atoms with Gasteiger partial charge in [-0.3, -0.25) is 4.79 Å². The highest BCUT2D eigenvalue weighted by Gasteiger charge is 2.11. The van der Waals surface area contributed by atoms with Crippen molar-refractivity contribution < 1.29 is 4.39 Å². The zero-order valence-electron chi connectivity index (χ0n) is 9.53. The van der Waals surface area contributed by atoms with E-state index in [0.29, 0.717) is 0 Å². The summed E-state index contributed by atoms with van der Waals surface area (Å²) in [5.74, 6) is -0.276. The monoisotopic (exact) mass is 469 g/mol. The van der Waals surface area contributed by atoms with Gasteiger partial charge in [0.1, 0.15) is 5.82 Å². The zero-order valence-corrected chi connectivity index (χ0v) is 13.8. The molecule has 0 saturated carbocycles. The fraction of sp³-hybridized carbons (Fsp3) is 0.154. The third kappa shape index (κ3) is 3.11. The SMILES string of the molecule is CC(c1cc(F)cc(I)c1)n1ccc(I)cc1=O. The summed E-state index contributed by atoms with van der Waals surface area (Å²) in [5, 5.41) is 0. The van der Waals surface area contributed by atoms with E-state index in [1.165, 1.54) is 12.1 Å². The Morgan fingerprint density at radius 2 is 1.89 bits per heavy atom. The maximum atomic E-state index is 13.4. The summed E-state index contributed by atoms with van der Waals surface area (Å²) in [6, 6.07) is 8.08. The first kappa shape index (κ1) is 14.0. The van der Waals surface area contributed by atoms with Gasteiger partial charge in [-0.2, -0.15) is 0 Å². The van der Waals surface area contributed by atoms with Crippen LogP contribution in [0.5, 0.6) is 0 Å². The first-order chi connectivity index (χ1) is 8.47. The van der Waals surface area contributed by atoms with Crippen molar-refractivity contribution in [1.29, 1.82) is 0 Å². The number of aromatic nitrogens is 1. The second kappa shape index (κ2) is 5.68. The van der Waals surface area contributed by atoms with Crippen LogP contribution in [-0.4, -0.2) is 4.57 Å². The van der Waals surface area contributed by atoms with Crippen molar-refractivity contribution in [2.45, 2.75) is 13.0 Å². The summed E-state index contributed by atoms with van der Waals surface area (Å²) >= 11 is 4.17. The Kier molecular flexibility index (Phi) is 4.41. The molecule has 1 heterocycles.